The molecule has 0 saturated heterocycles. The SMILES string of the molecule is Cc1cccnc1COc1ccccc1CNCC(C)C. The number of rotatable bonds is 7. The summed E-state index contributed by atoms with van der Waals surface area (Å²) < 4.78 is 5.96. The van der Waals surface area contributed by atoms with Crippen molar-refractivity contribution in [2.24, 2.45) is 5.92 Å². The summed E-state index contributed by atoms with van der Waals surface area (Å²) in [5, 5.41) is 3.46. The number of ether oxygens (including phenoxy) is 1. The van der Waals surface area contributed by atoms with Crippen molar-refractivity contribution in [2.45, 2.75) is 33.9 Å². The number of nitrogens with one attached hydrogen (secondary N) is 1. The summed E-state index contributed by atoms with van der Waals surface area (Å²) in [6.07, 6.45) is 1.81. The molecule has 2 aromatic rings. The third kappa shape index (κ3) is 4.87. The minimum Gasteiger partial charge on any atom is -0.487 e. The van der Waals surface area contributed by atoms with E-state index in [9.17, 15) is 0 Å². The maximum atomic E-state index is 5.96. The molecule has 0 atom stereocenters. The average Bonchev–Trinajstić information content (AvgIpc) is 2.47. The summed E-state index contributed by atoms with van der Waals surface area (Å²) in [7, 11) is 0. The lowest BCUT2D eigenvalue weighted by Gasteiger charge is -2.13. The molecule has 112 valence electrons. The molecule has 1 heterocycles. The number of benzene rings is 1. The summed E-state index contributed by atoms with van der Waals surface area (Å²) >= 11 is 0. The second kappa shape index (κ2) is 7.79. The first-order valence-corrected chi connectivity index (χ1v) is 7.48. The van der Waals surface area contributed by atoms with E-state index in [1.807, 2.05) is 30.5 Å². The topological polar surface area (TPSA) is 34.1 Å². The number of aryl methyl sites for hydroxylation is 1. The van der Waals surface area contributed by atoms with Crippen molar-refractivity contribution in [1.29, 1.82) is 0 Å². The smallest absolute Gasteiger partial charge is 0.130 e. The van der Waals surface area contributed by atoms with E-state index in [0.29, 0.717) is 12.5 Å². The Morgan fingerprint density at radius 3 is 2.71 bits per heavy atom. The van der Waals surface area contributed by atoms with Gasteiger partial charge in [-0.2, -0.15) is 0 Å². The van der Waals surface area contributed by atoms with E-state index in [0.717, 1.165) is 30.1 Å². The lowest BCUT2D eigenvalue weighted by molar-refractivity contribution is 0.296. The number of nitrogens with zero attached hydrogens (tertiary/aromatic N) is 1. The van der Waals surface area contributed by atoms with Crippen LogP contribution in [0, 0.1) is 12.8 Å². The molecule has 0 fully saturated rings. The molecular weight excluding hydrogens is 260 g/mol. The Hall–Kier alpha value is -1.87. The highest BCUT2D eigenvalue weighted by Crippen LogP contribution is 2.19. The first-order chi connectivity index (χ1) is 10.2. The van der Waals surface area contributed by atoms with Crippen molar-refractivity contribution in [1.82, 2.24) is 10.3 Å². The van der Waals surface area contributed by atoms with Crippen LogP contribution in [0.25, 0.3) is 0 Å². The zero-order valence-corrected chi connectivity index (χ0v) is 13.1. The second-order valence-electron chi connectivity index (χ2n) is 5.69. The number of hydrogen-bond donors (Lipinski definition) is 1. The molecule has 0 unspecified atom stereocenters. The molecule has 3 heteroatoms. The van der Waals surface area contributed by atoms with E-state index in [1.54, 1.807) is 0 Å². The van der Waals surface area contributed by atoms with Crippen LogP contribution in [0.1, 0.15) is 30.7 Å². The molecule has 0 aliphatic carbocycles. The summed E-state index contributed by atoms with van der Waals surface area (Å²) in [6, 6.07) is 12.2. The summed E-state index contributed by atoms with van der Waals surface area (Å²) in [5.74, 6) is 1.58. The Balaban J connectivity index is 1.98. The van der Waals surface area contributed by atoms with Crippen molar-refractivity contribution in [2.75, 3.05) is 6.54 Å². The van der Waals surface area contributed by atoms with Crippen molar-refractivity contribution >= 4 is 0 Å². The van der Waals surface area contributed by atoms with Gasteiger partial charge < -0.3 is 10.1 Å². The van der Waals surface area contributed by atoms with Crippen molar-refractivity contribution in [3.63, 3.8) is 0 Å². The van der Waals surface area contributed by atoms with E-state index in [-0.39, 0.29) is 0 Å². The van der Waals surface area contributed by atoms with E-state index in [2.05, 4.69) is 43.2 Å². The number of aromatic nitrogens is 1. The molecular formula is C18H24N2O. The van der Waals surface area contributed by atoms with Gasteiger partial charge in [-0.25, -0.2) is 0 Å². The van der Waals surface area contributed by atoms with E-state index >= 15 is 0 Å². The molecule has 1 aromatic heterocycles. The van der Waals surface area contributed by atoms with Gasteiger partial charge in [0, 0.05) is 18.3 Å². The zero-order valence-electron chi connectivity index (χ0n) is 13.1. The Labute approximate surface area is 127 Å². The fourth-order valence-corrected chi connectivity index (χ4v) is 2.10. The van der Waals surface area contributed by atoms with Gasteiger partial charge in [-0.05, 0) is 37.1 Å². The van der Waals surface area contributed by atoms with Crippen LogP contribution in [0.3, 0.4) is 0 Å². The Bertz CT molecular complexity index is 567. The molecule has 1 aromatic carbocycles. The third-order valence-corrected chi connectivity index (χ3v) is 3.32. The Morgan fingerprint density at radius 2 is 1.95 bits per heavy atom. The quantitative estimate of drug-likeness (QED) is 0.841. The van der Waals surface area contributed by atoms with Gasteiger partial charge in [0.1, 0.15) is 12.4 Å². The summed E-state index contributed by atoms with van der Waals surface area (Å²) in [6.45, 7) is 8.82. The van der Waals surface area contributed by atoms with Crippen LogP contribution in [0.2, 0.25) is 0 Å². The van der Waals surface area contributed by atoms with Gasteiger partial charge in [0.05, 0.1) is 5.69 Å². The van der Waals surface area contributed by atoms with Crippen molar-refractivity contribution in [3.8, 4) is 5.75 Å². The van der Waals surface area contributed by atoms with Gasteiger partial charge in [0.2, 0.25) is 0 Å². The summed E-state index contributed by atoms with van der Waals surface area (Å²) in [5.41, 5.74) is 3.34. The van der Waals surface area contributed by atoms with E-state index in [4.69, 9.17) is 4.74 Å². The molecule has 0 aliphatic rings. The first kappa shape index (κ1) is 15.5. The molecule has 0 radical (unpaired) electrons. The highest BCUT2D eigenvalue weighted by atomic mass is 16.5. The standard InChI is InChI=1S/C18H24N2O/c1-14(2)11-19-12-16-8-4-5-9-18(16)21-13-17-15(3)7-6-10-20-17/h4-10,14,19H,11-13H2,1-3H3. The van der Waals surface area contributed by atoms with Gasteiger partial charge >= 0.3 is 0 Å². The van der Waals surface area contributed by atoms with E-state index < -0.39 is 0 Å². The predicted octanol–water partition coefficient (Wildman–Crippen LogP) is 3.71. The minimum atomic E-state index is 0.508. The van der Waals surface area contributed by atoms with Crippen LogP contribution < -0.4 is 10.1 Å². The second-order valence-corrected chi connectivity index (χ2v) is 5.69. The molecule has 21 heavy (non-hydrogen) atoms. The highest BCUT2D eigenvalue weighted by Gasteiger charge is 2.05. The molecule has 0 aliphatic heterocycles. The minimum absolute atomic E-state index is 0.508. The van der Waals surface area contributed by atoms with Gasteiger partial charge in [0.25, 0.3) is 0 Å². The summed E-state index contributed by atoms with van der Waals surface area (Å²) in [4.78, 5) is 4.37. The van der Waals surface area contributed by atoms with Crippen molar-refractivity contribution < 1.29 is 4.74 Å². The normalized spacial score (nSPS) is 10.9. The van der Waals surface area contributed by atoms with Crippen molar-refractivity contribution in [3.05, 3.63) is 59.4 Å². The van der Waals surface area contributed by atoms with Crippen LogP contribution in [0.5, 0.6) is 5.75 Å². The van der Waals surface area contributed by atoms with Gasteiger partial charge in [-0.1, -0.05) is 38.1 Å². The first-order valence-electron chi connectivity index (χ1n) is 7.48. The Kier molecular flexibility index (Phi) is 5.76. The monoisotopic (exact) mass is 284 g/mol. The molecule has 0 amide bonds. The Morgan fingerprint density at radius 1 is 1.14 bits per heavy atom. The number of pyridine rings is 1. The average molecular weight is 284 g/mol. The van der Waals surface area contributed by atoms with Gasteiger partial charge in [0.15, 0.2) is 0 Å². The number of para-hydroxylation sites is 1. The lowest BCUT2D eigenvalue weighted by atomic mass is 10.1. The van der Waals surface area contributed by atoms with Crippen LogP contribution >= 0.6 is 0 Å². The molecule has 2 rings (SSSR count). The maximum absolute atomic E-state index is 5.96. The lowest BCUT2D eigenvalue weighted by Crippen LogP contribution is -2.19. The van der Waals surface area contributed by atoms with Crippen LogP contribution in [0.15, 0.2) is 42.6 Å². The van der Waals surface area contributed by atoms with Gasteiger partial charge in [-0.15, -0.1) is 0 Å². The number of hydrogen-bond acceptors (Lipinski definition) is 3. The molecule has 3 nitrogen and oxygen atoms in total. The maximum Gasteiger partial charge on any atom is 0.130 e. The van der Waals surface area contributed by atoms with E-state index in [1.165, 1.54) is 5.56 Å². The molecule has 0 bridgehead atoms. The molecule has 1 N–H and O–H groups in total. The molecule has 0 spiro atoms. The molecule has 0 saturated carbocycles. The largest absolute Gasteiger partial charge is 0.487 e. The predicted molar refractivity (Wildman–Crippen MR) is 86.3 cm³/mol. The fourth-order valence-electron chi connectivity index (χ4n) is 2.10. The highest BCUT2D eigenvalue weighted by molar-refractivity contribution is 5.33. The zero-order chi connectivity index (χ0) is 15.1. The van der Waals surface area contributed by atoms with Crippen LogP contribution in [0.4, 0.5) is 0 Å². The van der Waals surface area contributed by atoms with Crippen LogP contribution in [-0.4, -0.2) is 11.5 Å². The fraction of sp³-hybridized carbons (Fsp3) is 0.389. The third-order valence-electron chi connectivity index (χ3n) is 3.32. The van der Waals surface area contributed by atoms with Crippen LogP contribution in [-0.2, 0) is 13.2 Å². The van der Waals surface area contributed by atoms with Gasteiger partial charge in [-0.3, -0.25) is 4.98 Å².